The third-order valence-corrected chi connectivity index (χ3v) is 4.55. The van der Waals surface area contributed by atoms with Gasteiger partial charge in [-0.1, -0.05) is 0 Å². The predicted molar refractivity (Wildman–Crippen MR) is 83.8 cm³/mol. The van der Waals surface area contributed by atoms with Crippen LogP contribution in [-0.2, 0) is 0 Å². The quantitative estimate of drug-likeness (QED) is 0.918. The lowest BCUT2D eigenvalue weighted by atomic mass is 10.2. The molecule has 0 atom stereocenters. The molecule has 0 unspecified atom stereocenters. The Hall–Kier alpha value is -2.01. The summed E-state index contributed by atoms with van der Waals surface area (Å²) in [5, 5.41) is 2.91. The Labute approximate surface area is 127 Å². The van der Waals surface area contributed by atoms with Gasteiger partial charge in [-0.3, -0.25) is 4.79 Å². The minimum atomic E-state index is -0.0920. The number of amides is 1. The second-order valence-electron chi connectivity index (χ2n) is 5.02. The van der Waals surface area contributed by atoms with E-state index >= 15 is 0 Å². The number of fused-ring (bicyclic) bond motifs is 1. The summed E-state index contributed by atoms with van der Waals surface area (Å²) in [6.45, 7) is 5.32. The van der Waals surface area contributed by atoms with Crippen molar-refractivity contribution in [2.75, 3.05) is 18.5 Å². The molecule has 1 aliphatic heterocycles. The number of hydrogen-bond acceptors (Lipinski definition) is 4. The Balaban J connectivity index is 1.78. The predicted octanol–water partition coefficient (Wildman–Crippen LogP) is 3.78. The average Bonchev–Trinajstić information content (AvgIpc) is 2.68. The number of benzene rings is 1. The highest BCUT2D eigenvalue weighted by Gasteiger charge is 2.14. The summed E-state index contributed by atoms with van der Waals surface area (Å²) in [7, 11) is 0. The van der Waals surface area contributed by atoms with Gasteiger partial charge in [-0.15, -0.1) is 11.3 Å². The van der Waals surface area contributed by atoms with Crippen LogP contribution in [0.2, 0.25) is 0 Å². The van der Waals surface area contributed by atoms with E-state index < -0.39 is 0 Å². The van der Waals surface area contributed by atoms with E-state index in [0.29, 0.717) is 24.7 Å². The number of aryl methyl sites for hydroxylation is 2. The molecule has 2 aromatic rings. The molecule has 1 amide bonds. The van der Waals surface area contributed by atoms with Crippen molar-refractivity contribution in [1.82, 2.24) is 0 Å². The van der Waals surface area contributed by atoms with Gasteiger partial charge in [0.15, 0.2) is 11.5 Å². The van der Waals surface area contributed by atoms with Crippen LogP contribution in [0.1, 0.15) is 26.5 Å². The Bertz CT molecular complexity index is 659. The van der Waals surface area contributed by atoms with E-state index in [2.05, 4.69) is 5.32 Å². The molecule has 1 aliphatic rings. The van der Waals surface area contributed by atoms with Crippen LogP contribution in [0.5, 0.6) is 11.5 Å². The van der Waals surface area contributed by atoms with Crippen LogP contribution < -0.4 is 14.8 Å². The molecule has 0 radical (unpaired) electrons. The first-order valence-electron chi connectivity index (χ1n) is 6.91. The Morgan fingerprint density at radius 2 is 1.90 bits per heavy atom. The summed E-state index contributed by atoms with van der Waals surface area (Å²) in [5.74, 6) is 1.32. The van der Waals surface area contributed by atoms with Gasteiger partial charge in [0.1, 0.15) is 0 Å². The van der Waals surface area contributed by atoms with E-state index in [1.54, 1.807) is 0 Å². The number of hydrogen-bond donors (Lipinski definition) is 1. The van der Waals surface area contributed by atoms with E-state index in [9.17, 15) is 4.79 Å². The molecular formula is C16H17NO3S. The van der Waals surface area contributed by atoms with Gasteiger partial charge in [0.25, 0.3) is 5.91 Å². The van der Waals surface area contributed by atoms with Crippen molar-refractivity contribution < 1.29 is 14.3 Å². The van der Waals surface area contributed by atoms with Crippen LogP contribution in [0, 0.1) is 13.8 Å². The molecule has 0 saturated carbocycles. The zero-order valence-corrected chi connectivity index (χ0v) is 12.9. The van der Waals surface area contributed by atoms with E-state index in [-0.39, 0.29) is 5.91 Å². The number of rotatable bonds is 2. The summed E-state index contributed by atoms with van der Waals surface area (Å²) >= 11 is 1.51. The largest absolute Gasteiger partial charge is 0.490 e. The molecule has 4 nitrogen and oxygen atoms in total. The van der Waals surface area contributed by atoms with Gasteiger partial charge in [0.2, 0.25) is 0 Å². The molecular weight excluding hydrogens is 286 g/mol. The highest BCUT2D eigenvalue weighted by Crippen LogP contribution is 2.32. The van der Waals surface area contributed by atoms with E-state index in [4.69, 9.17) is 9.47 Å². The van der Waals surface area contributed by atoms with Crippen LogP contribution in [0.4, 0.5) is 5.69 Å². The van der Waals surface area contributed by atoms with Crippen LogP contribution >= 0.6 is 11.3 Å². The van der Waals surface area contributed by atoms with E-state index in [1.807, 2.05) is 38.1 Å². The average molecular weight is 303 g/mol. The summed E-state index contributed by atoms with van der Waals surface area (Å²) in [5.41, 5.74) is 1.86. The van der Waals surface area contributed by atoms with Gasteiger partial charge < -0.3 is 14.8 Å². The van der Waals surface area contributed by atoms with Crippen LogP contribution in [0.25, 0.3) is 0 Å². The lowest BCUT2D eigenvalue weighted by Crippen LogP contribution is -2.10. The molecule has 1 aromatic carbocycles. The maximum Gasteiger partial charge on any atom is 0.265 e. The lowest BCUT2D eigenvalue weighted by Gasteiger charge is -2.09. The summed E-state index contributed by atoms with van der Waals surface area (Å²) in [6.07, 6.45) is 0.865. The number of ether oxygens (including phenoxy) is 2. The zero-order valence-electron chi connectivity index (χ0n) is 12.1. The molecule has 3 rings (SSSR count). The van der Waals surface area contributed by atoms with Crippen molar-refractivity contribution in [3.63, 3.8) is 0 Å². The monoisotopic (exact) mass is 303 g/mol. The number of carbonyl (C=O) groups excluding carboxylic acids is 1. The highest BCUT2D eigenvalue weighted by molar-refractivity contribution is 7.14. The second-order valence-corrected chi connectivity index (χ2v) is 6.27. The number of nitrogens with one attached hydrogen (secondary N) is 1. The number of thiophene rings is 1. The van der Waals surface area contributed by atoms with Crippen LogP contribution in [-0.4, -0.2) is 19.1 Å². The molecule has 0 bridgehead atoms. The zero-order chi connectivity index (χ0) is 14.8. The van der Waals surface area contributed by atoms with E-state index in [1.165, 1.54) is 16.2 Å². The molecule has 0 aliphatic carbocycles. The summed E-state index contributed by atoms with van der Waals surface area (Å²) in [4.78, 5) is 14.1. The van der Waals surface area contributed by atoms with Crippen LogP contribution in [0.3, 0.4) is 0 Å². The Morgan fingerprint density at radius 3 is 2.62 bits per heavy atom. The maximum absolute atomic E-state index is 12.2. The lowest BCUT2D eigenvalue weighted by molar-refractivity contribution is 0.103. The molecule has 1 aromatic heterocycles. The van der Waals surface area contributed by atoms with Crippen molar-refractivity contribution in [1.29, 1.82) is 0 Å². The molecule has 2 heterocycles. The normalized spacial score (nSPS) is 13.6. The first kappa shape index (κ1) is 13.9. The van der Waals surface area contributed by atoms with Crippen molar-refractivity contribution in [2.24, 2.45) is 0 Å². The number of anilines is 1. The van der Waals surface area contributed by atoms with Gasteiger partial charge in [0.05, 0.1) is 18.1 Å². The standard InChI is InChI=1S/C16H17NO3S/c1-10-8-15(21-11(10)2)16(18)17-12-4-5-13-14(9-12)20-7-3-6-19-13/h4-5,8-9H,3,6-7H2,1-2H3,(H,17,18). The first-order chi connectivity index (χ1) is 10.1. The SMILES string of the molecule is Cc1cc(C(=O)Nc2ccc3c(c2)OCCCO3)sc1C. The van der Waals surface area contributed by atoms with Crippen molar-refractivity contribution in [3.8, 4) is 11.5 Å². The van der Waals surface area contributed by atoms with Gasteiger partial charge in [-0.2, -0.15) is 0 Å². The molecule has 0 fully saturated rings. The fourth-order valence-electron chi connectivity index (χ4n) is 2.12. The molecule has 21 heavy (non-hydrogen) atoms. The molecule has 1 N–H and O–H groups in total. The molecule has 110 valence electrons. The topological polar surface area (TPSA) is 47.6 Å². The van der Waals surface area contributed by atoms with Gasteiger partial charge in [0, 0.05) is 23.1 Å². The summed E-state index contributed by atoms with van der Waals surface area (Å²) < 4.78 is 11.2. The second kappa shape index (κ2) is 5.77. The highest BCUT2D eigenvalue weighted by atomic mass is 32.1. The maximum atomic E-state index is 12.2. The first-order valence-corrected chi connectivity index (χ1v) is 7.73. The van der Waals surface area contributed by atoms with Gasteiger partial charge >= 0.3 is 0 Å². The fourth-order valence-corrected chi connectivity index (χ4v) is 3.05. The minimum absolute atomic E-state index is 0.0920. The van der Waals surface area contributed by atoms with Crippen molar-refractivity contribution >= 4 is 22.9 Å². The van der Waals surface area contributed by atoms with Crippen LogP contribution in [0.15, 0.2) is 24.3 Å². The number of carbonyl (C=O) groups is 1. The fraction of sp³-hybridized carbons (Fsp3) is 0.312. The minimum Gasteiger partial charge on any atom is -0.490 e. The molecule has 0 spiro atoms. The Morgan fingerprint density at radius 1 is 1.14 bits per heavy atom. The van der Waals surface area contributed by atoms with E-state index in [0.717, 1.165) is 22.6 Å². The third kappa shape index (κ3) is 3.03. The smallest absolute Gasteiger partial charge is 0.265 e. The molecule has 5 heteroatoms. The van der Waals surface area contributed by atoms with Crippen molar-refractivity contribution in [2.45, 2.75) is 20.3 Å². The summed E-state index contributed by atoms with van der Waals surface area (Å²) in [6, 6.07) is 7.39. The van der Waals surface area contributed by atoms with Gasteiger partial charge in [-0.25, -0.2) is 0 Å². The van der Waals surface area contributed by atoms with Crippen molar-refractivity contribution in [3.05, 3.63) is 39.6 Å². The van der Waals surface area contributed by atoms with Gasteiger partial charge in [-0.05, 0) is 37.6 Å². The third-order valence-electron chi connectivity index (χ3n) is 3.40. The molecule has 0 saturated heterocycles. The Kier molecular flexibility index (Phi) is 3.84.